The molecule has 1 heterocycles. The summed E-state index contributed by atoms with van der Waals surface area (Å²) in [6.07, 6.45) is 0. The number of hydrogen-bond acceptors (Lipinski definition) is 4. The molecular formula is C6H6ClN3S. The van der Waals surface area contributed by atoms with E-state index in [0.717, 1.165) is 15.9 Å². The second kappa shape index (κ2) is 3.02. The molecule has 0 amide bonds. The zero-order valence-electron chi connectivity index (χ0n) is 5.52. The molecule has 0 unspecified atom stereocenters. The van der Waals surface area contributed by atoms with E-state index < -0.39 is 0 Å². The van der Waals surface area contributed by atoms with Crippen LogP contribution in [0.5, 0.6) is 0 Å². The highest BCUT2D eigenvalue weighted by molar-refractivity contribution is 7.12. The van der Waals surface area contributed by atoms with Crippen LogP contribution in [0.3, 0.4) is 0 Å². The van der Waals surface area contributed by atoms with Gasteiger partial charge in [-0.2, -0.15) is 0 Å². The SMILES string of the molecule is Cl.Nc1ccc2nnsc2c1. The molecule has 0 aliphatic carbocycles. The lowest BCUT2D eigenvalue weighted by molar-refractivity contribution is 1.20. The third kappa shape index (κ3) is 1.41. The lowest BCUT2D eigenvalue weighted by Crippen LogP contribution is -1.81. The number of anilines is 1. The van der Waals surface area contributed by atoms with Gasteiger partial charge in [-0.3, -0.25) is 0 Å². The van der Waals surface area contributed by atoms with E-state index in [1.165, 1.54) is 11.5 Å². The predicted octanol–water partition coefficient (Wildman–Crippen LogP) is 1.70. The number of rotatable bonds is 0. The highest BCUT2D eigenvalue weighted by atomic mass is 35.5. The van der Waals surface area contributed by atoms with Gasteiger partial charge in [-0.15, -0.1) is 17.5 Å². The van der Waals surface area contributed by atoms with Crippen LogP contribution < -0.4 is 5.73 Å². The minimum absolute atomic E-state index is 0. The van der Waals surface area contributed by atoms with Crippen LogP contribution in [0.1, 0.15) is 0 Å². The molecule has 5 heteroatoms. The molecular weight excluding hydrogens is 182 g/mol. The van der Waals surface area contributed by atoms with E-state index in [9.17, 15) is 0 Å². The first-order chi connectivity index (χ1) is 4.86. The molecule has 2 aromatic rings. The van der Waals surface area contributed by atoms with Crippen molar-refractivity contribution in [3.8, 4) is 0 Å². The van der Waals surface area contributed by atoms with Crippen LogP contribution in [0.2, 0.25) is 0 Å². The van der Waals surface area contributed by atoms with E-state index in [0.29, 0.717) is 0 Å². The fourth-order valence-electron chi connectivity index (χ4n) is 0.795. The predicted molar refractivity (Wildman–Crippen MR) is 49.1 cm³/mol. The Labute approximate surface area is 73.8 Å². The van der Waals surface area contributed by atoms with Gasteiger partial charge in [0.2, 0.25) is 0 Å². The zero-order valence-corrected chi connectivity index (χ0v) is 7.15. The van der Waals surface area contributed by atoms with Crippen molar-refractivity contribution in [3.05, 3.63) is 18.2 Å². The molecule has 0 bridgehead atoms. The highest BCUT2D eigenvalue weighted by Crippen LogP contribution is 2.17. The number of benzene rings is 1. The van der Waals surface area contributed by atoms with E-state index in [1.807, 2.05) is 18.2 Å². The smallest absolute Gasteiger partial charge is 0.106 e. The summed E-state index contributed by atoms with van der Waals surface area (Å²) in [5.74, 6) is 0. The maximum Gasteiger partial charge on any atom is 0.106 e. The van der Waals surface area contributed by atoms with Gasteiger partial charge in [0.25, 0.3) is 0 Å². The molecule has 0 spiro atoms. The van der Waals surface area contributed by atoms with Crippen molar-refractivity contribution >= 4 is 39.8 Å². The minimum Gasteiger partial charge on any atom is -0.399 e. The van der Waals surface area contributed by atoms with E-state index in [2.05, 4.69) is 9.59 Å². The Morgan fingerprint density at radius 1 is 1.36 bits per heavy atom. The summed E-state index contributed by atoms with van der Waals surface area (Å²) in [6.45, 7) is 0. The van der Waals surface area contributed by atoms with Gasteiger partial charge in [-0.05, 0) is 29.7 Å². The van der Waals surface area contributed by atoms with Gasteiger partial charge in [0, 0.05) is 5.69 Å². The second-order valence-electron chi connectivity index (χ2n) is 2.00. The number of nitrogens with two attached hydrogens (primary N) is 1. The number of halogens is 1. The Morgan fingerprint density at radius 3 is 3.00 bits per heavy atom. The monoisotopic (exact) mass is 187 g/mol. The molecule has 2 N–H and O–H groups in total. The van der Waals surface area contributed by atoms with Gasteiger partial charge in [0.15, 0.2) is 0 Å². The van der Waals surface area contributed by atoms with E-state index in [1.54, 1.807) is 0 Å². The van der Waals surface area contributed by atoms with Gasteiger partial charge in [-0.25, -0.2) is 0 Å². The van der Waals surface area contributed by atoms with E-state index >= 15 is 0 Å². The molecule has 58 valence electrons. The number of nitrogens with zero attached hydrogens (tertiary/aromatic N) is 2. The highest BCUT2D eigenvalue weighted by Gasteiger charge is 1.95. The van der Waals surface area contributed by atoms with Crippen molar-refractivity contribution in [2.24, 2.45) is 0 Å². The van der Waals surface area contributed by atoms with Crippen molar-refractivity contribution in [2.45, 2.75) is 0 Å². The Bertz CT molecular complexity index is 359. The number of aromatic nitrogens is 2. The summed E-state index contributed by atoms with van der Waals surface area (Å²) in [5.41, 5.74) is 7.21. The molecule has 2 rings (SSSR count). The molecule has 0 aliphatic heterocycles. The molecule has 0 atom stereocenters. The van der Waals surface area contributed by atoms with Crippen LogP contribution in [-0.4, -0.2) is 9.59 Å². The third-order valence-electron chi connectivity index (χ3n) is 1.27. The Balaban J connectivity index is 0.000000605. The average Bonchev–Trinajstić information content (AvgIpc) is 2.33. The van der Waals surface area contributed by atoms with Gasteiger partial charge in [0.1, 0.15) is 5.52 Å². The van der Waals surface area contributed by atoms with Crippen molar-refractivity contribution in [2.75, 3.05) is 5.73 Å². The Kier molecular flexibility index (Phi) is 2.26. The van der Waals surface area contributed by atoms with Crippen LogP contribution in [0.4, 0.5) is 5.69 Å². The summed E-state index contributed by atoms with van der Waals surface area (Å²) in [6, 6.07) is 5.57. The quantitative estimate of drug-likeness (QED) is 0.639. The van der Waals surface area contributed by atoms with Crippen LogP contribution in [-0.2, 0) is 0 Å². The largest absolute Gasteiger partial charge is 0.399 e. The van der Waals surface area contributed by atoms with E-state index in [4.69, 9.17) is 5.73 Å². The first kappa shape index (κ1) is 8.23. The lowest BCUT2D eigenvalue weighted by atomic mass is 10.3. The molecule has 0 saturated carbocycles. The van der Waals surface area contributed by atoms with Crippen LogP contribution in [0, 0.1) is 0 Å². The third-order valence-corrected chi connectivity index (χ3v) is 1.96. The zero-order chi connectivity index (χ0) is 6.97. The van der Waals surface area contributed by atoms with Crippen molar-refractivity contribution in [3.63, 3.8) is 0 Å². The summed E-state index contributed by atoms with van der Waals surface area (Å²) in [5, 5.41) is 3.87. The fourth-order valence-corrected chi connectivity index (χ4v) is 1.40. The van der Waals surface area contributed by atoms with Crippen LogP contribution in [0.25, 0.3) is 10.2 Å². The van der Waals surface area contributed by atoms with E-state index in [-0.39, 0.29) is 12.4 Å². The van der Waals surface area contributed by atoms with Gasteiger partial charge < -0.3 is 5.73 Å². The number of fused-ring (bicyclic) bond motifs is 1. The molecule has 1 aromatic carbocycles. The molecule has 0 saturated heterocycles. The molecule has 3 nitrogen and oxygen atoms in total. The van der Waals surface area contributed by atoms with Crippen molar-refractivity contribution in [1.82, 2.24) is 9.59 Å². The Morgan fingerprint density at radius 2 is 2.18 bits per heavy atom. The second-order valence-corrected chi connectivity index (χ2v) is 2.79. The summed E-state index contributed by atoms with van der Waals surface area (Å²) >= 11 is 1.36. The van der Waals surface area contributed by atoms with Crippen molar-refractivity contribution in [1.29, 1.82) is 0 Å². The topological polar surface area (TPSA) is 51.8 Å². The summed E-state index contributed by atoms with van der Waals surface area (Å²) < 4.78 is 4.82. The molecule has 0 fully saturated rings. The minimum atomic E-state index is 0. The Hall–Kier alpha value is -0.870. The van der Waals surface area contributed by atoms with Crippen molar-refractivity contribution < 1.29 is 0 Å². The molecule has 0 radical (unpaired) electrons. The number of nitrogen functional groups attached to an aromatic ring is 1. The first-order valence-corrected chi connectivity index (χ1v) is 3.61. The van der Waals surface area contributed by atoms with Crippen LogP contribution >= 0.6 is 23.9 Å². The van der Waals surface area contributed by atoms with Gasteiger partial charge >= 0.3 is 0 Å². The number of hydrogen-bond donors (Lipinski definition) is 1. The fraction of sp³-hybridized carbons (Fsp3) is 0. The normalized spacial score (nSPS) is 9.45. The average molecular weight is 188 g/mol. The van der Waals surface area contributed by atoms with Gasteiger partial charge in [-0.1, -0.05) is 4.49 Å². The summed E-state index contributed by atoms with van der Waals surface area (Å²) in [7, 11) is 0. The molecule has 1 aromatic heterocycles. The standard InChI is InChI=1S/C6H5N3S.ClH/c7-4-1-2-5-6(3-4)10-9-8-5;/h1-3H,7H2;1H. The molecule has 11 heavy (non-hydrogen) atoms. The van der Waals surface area contributed by atoms with Crippen LogP contribution in [0.15, 0.2) is 18.2 Å². The maximum absolute atomic E-state index is 5.53. The van der Waals surface area contributed by atoms with Gasteiger partial charge in [0.05, 0.1) is 4.70 Å². The first-order valence-electron chi connectivity index (χ1n) is 2.84. The maximum atomic E-state index is 5.53. The molecule has 0 aliphatic rings. The lowest BCUT2D eigenvalue weighted by Gasteiger charge is -1.87. The summed E-state index contributed by atoms with van der Waals surface area (Å²) in [4.78, 5) is 0.